The minimum absolute atomic E-state index is 0.0268. The van der Waals surface area contributed by atoms with Crippen LogP contribution >= 0.6 is 0 Å². The van der Waals surface area contributed by atoms with Crippen LogP contribution in [-0.4, -0.2) is 50.2 Å². The molecule has 0 saturated heterocycles. The first-order valence-electron chi connectivity index (χ1n) is 6.38. The summed E-state index contributed by atoms with van der Waals surface area (Å²) in [6, 6.07) is 0. The lowest BCUT2D eigenvalue weighted by molar-refractivity contribution is -0.164. The van der Waals surface area contributed by atoms with Crippen LogP contribution in [0.15, 0.2) is 12.7 Å². The van der Waals surface area contributed by atoms with E-state index in [0.717, 1.165) is 6.08 Å². The predicted octanol–water partition coefficient (Wildman–Crippen LogP) is -0.426. The molecule has 0 radical (unpaired) electrons. The molecular formula is C13H19NO7. The van der Waals surface area contributed by atoms with E-state index in [9.17, 15) is 19.2 Å². The normalized spacial score (nSPS) is 9.67. The molecule has 0 rings (SSSR count). The first kappa shape index (κ1) is 18.6. The summed E-state index contributed by atoms with van der Waals surface area (Å²) >= 11 is 0. The summed E-state index contributed by atoms with van der Waals surface area (Å²) in [7, 11) is 0. The number of nitrogens with one attached hydrogen (secondary N) is 1. The van der Waals surface area contributed by atoms with E-state index in [-0.39, 0.29) is 26.4 Å². The monoisotopic (exact) mass is 301 g/mol. The van der Waals surface area contributed by atoms with Gasteiger partial charge in [0.25, 0.3) is 0 Å². The molecule has 0 aromatic rings. The van der Waals surface area contributed by atoms with Crippen molar-refractivity contribution in [3.05, 3.63) is 12.7 Å². The average molecular weight is 301 g/mol. The smallest absolute Gasteiger partial charge is 0.330 e. The minimum Gasteiger partial charge on any atom is -0.465 e. The maximum absolute atomic E-state index is 11.8. The molecule has 0 aromatic heterocycles. The summed E-state index contributed by atoms with van der Waals surface area (Å²) in [4.78, 5) is 45.8. The number of carbonyl (C=O) groups excluding carboxylic acids is 4. The van der Waals surface area contributed by atoms with Crippen LogP contribution in [0.25, 0.3) is 0 Å². The molecule has 0 aliphatic rings. The van der Waals surface area contributed by atoms with Gasteiger partial charge in [0, 0.05) is 6.08 Å². The molecule has 0 heterocycles. The second kappa shape index (κ2) is 10.4. The van der Waals surface area contributed by atoms with E-state index in [1.807, 2.05) is 0 Å². The van der Waals surface area contributed by atoms with Gasteiger partial charge in [-0.2, -0.15) is 0 Å². The first-order valence-corrected chi connectivity index (χ1v) is 6.38. The molecular weight excluding hydrogens is 282 g/mol. The molecule has 0 bridgehead atoms. The summed E-state index contributed by atoms with van der Waals surface area (Å²) in [5.41, 5.74) is 0. The van der Waals surface area contributed by atoms with Gasteiger partial charge in [0.05, 0.1) is 19.8 Å². The lowest BCUT2D eigenvalue weighted by atomic mass is 10.1. The van der Waals surface area contributed by atoms with Crippen LogP contribution in [0.5, 0.6) is 0 Å². The first-order chi connectivity index (χ1) is 9.97. The molecule has 118 valence electrons. The molecule has 1 N–H and O–H groups in total. The fourth-order valence-corrected chi connectivity index (χ4v) is 1.25. The van der Waals surface area contributed by atoms with Gasteiger partial charge >= 0.3 is 17.9 Å². The Balaban J connectivity index is 4.50. The Morgan fingerprint density at radius 3 is 2.00 bits per heavy atom. The van der Waals surface area contributed by atoms with Gasteiger partial charge in [-0.05, 0) is 13.8 Å². The fraction of sp³-hybridized carbons (Fsp3) is 0.538. The molecule has 0 aromatic carbocycles. The molecule has 8 heteroatoms. The second-order valence-electron chi connectivity index (χ2n) is 3.60. The van der Waals surface area contributed by atoms with Crippen molar-refractivity contribution in [3.63, 3.8) is 0 Å². The van der Waals surface area contributed by atoms with Crippen LogP contribution in [0.4, 0.5) is 0 Å². The van der Waals surface area contributed by atoms with E-state index in [1.54, 1.807) is 13.8 Å². The molecule has 0 aliphatic carbocycles. The van der Waals surface area contributed by atoms with Gasteiger partial charge in [-0.3, -0.25) is 14.4 Å². The summed E-state index contributed by atoms with van der Waals surface area (Å²) in [5.74, 6) is -5.19. The van der Waals surface area contributed by atoms with E-state index >= 15 is 0 Å². The predicted molar refractivity (Wildman–Crippen MR) is 70.9 cm³/mol. The lowest BCUT2D eigenvalue weighted by Gasteiger charge is -2.14. The number of rotatable bonds is 9. The van der Waals surface area contributed by atoms with Gasteiger partial charge in [-0.1, -0.05) is 6.58 Å². The second-order valence-corrected chi connectivity index (χ2v) is 3.60. The number of hydrogen-bond acceptors (Lipinski definition) is 7. The molecule has 0 atom stereocenters. The number of ether oxygens (including phenoxy) is 3. The molecule has 0 saturated carbocycles. The third kappa shape index (κ3) is 7.09. The molecule has 0 spiro atoms. The van der Waals surface area contributed by atoms with E-state index < -0.39 is 29.7 Å². The van der Waals surface area contributed by atoms with E-state index in [1.165, 1.54) is 0 Å². The highest BCUT2D eigenvalue weighted by Gasteiger charge is 2.36. The largest absolute Gasteiger partial charge is 0.465 e. The van der Waals surface area contributed by atoms with Crippen LogP contribution in [0.1, 0.15) is 13.8 Å². The minimum atomic E-state index is -1.69. The van der Waals surface area contributed by atoms with Crippen LogP contribution in [0.3, 0.4) is 0 Å². The highest BCUT2D eigenvalue weighted by atomic mass is 16.6. The molecule has 0 unspecified atom stereocenters. The summed E-state index contributed by atoms with van der Waals surface area (Å²) in [6.07, 6.45) is 0.974. The highest BCUT2D eigenvalue weighted by molar-refractivity contribution is 6.14. The van der Waals surface area contributed by atoms with Crippen molar-refractivity contribution in [2.75, 3.05) is 26.4 Å². The summed E-state index contributed by atoms with van der Waals surface area (Å²) < 4.78 is 13.9. The molecule has 21 heavy (non-hydrogen) atoms. The van der Waals surface area contributed by atoms with Crippen molar-refractivity contribution in [1.29, 1.82) is 0 Å². The van der Waals surface area contributed by atoms with Crippen LogP contribution in [-0.2, 0) is 33.4 Å². The maximum Gasteiger partial charge on any atom is 0.330 e. The van der Waals surface area contributed by atoms with Crippen molar-refractivity contribution in [3.8, 4) is 0 Å². The van der Waals surface area contributed by atoms with E-state index in [4.69, 9.17) is 0 Å². The Kier molecular flexibility index (Phi) is 9.23. The van der Waals surface area contributed by atoms with Crippen LogP contribution < -0.4 is 5.32 Å². The Bertz CT molecular complexity index is 387. The topological polar surface area (TPSA) is 108 Å². The van der Waals surface area contributed by atoms with Gasteiger partial charge in [0.15, 0.2) is 0 Å². The standard InChI is InChI=1S/C13H19NO7/c1-4-9(15)21-8-7-14-11(16)10(12(17)19-5-2)13(18)20-6-3/h4,10H,1,5-8H2,2-3H3,(H,14,16). The zero-order valence-corrected chi connectivity index (χ0v) is 12.0. The van der Waals surface area contributed by atoms with E-state index in [2.05, 4.69) is 26.1 Å². The zero-order chi connectivity index (χ0) is 16.3. The van der Waals surface area contributed by atoms with Crippen molar-refractivity contribution < 1.29 is 33.4 Å². The highest BCUT2D eigenvalue weighted by Crippen LogP contribution is 2.04. The third-order valence-corrected chi connectivity index (χ3v) is 2.12. The van der Waals surface area contributed by atoms with E-state index in [0.29, 0.717) is 0 Å². The Hall–Kier alpha value is -2.38. The molecule has 1 amide bonds. The number of esters is 3. The maximum atomic E-state index is 11.8. The van der Waals surface area contributed by atoms with Crippen molar-refractivity contribution in [2.24, 2.45) is 5.92 Å². The van der Waals surface area contributed by atoms with Gasteiger partial charge in [0.2, 0.25) is 11.8 Å². The van der Waals surface area contributed by atoms with Crippen LogP contribution in [0.2, 0.25) is 0 Å². The SMILES string of the molecule is C=CC(=O)OCCNC(=O)C(C(=O)OCC)C(=O)OCC. The molecule has 8 nitrogen and oxygen atoms in total. The molecule has 0 aliphatic heterocycles. The van der Waals surface area contributed by atoms with Gasteiger partial charge in [-0.15, -0.1) is 0 Å². The number of amides is 1. The zero-order valence-electron chi connectivity index (χ0n) is 12.0. The van der Waals surface area contributed by atoms with Crippen molar-refractivity contribution in [1.82, 2.24) is 5.32 Å². The van der Waals surface area contributed by atoms with Gasteiger partial charge in [0.1, 0.15) is 6.61 Å². The number of carbonyl (C=O) groups is 4. The van der Waals surface area contributed by atoms with Crippen LogP contribution in [0, 0.1) is 5.92 Å². The quantitative estimate of drug-likeness (QED) is 0.202. The van der Waals surface area contributed by atoms with Gasteiger partial charge < -0.3 is 19.5 Å². The molecule has 0 fully saturated rings. The Labute approximate surface area is 122 Å². The third-order valence-electron chi connectivity index (χ3n) is 2.12. The fourth-order valence-electron chi connectivity index (χ4n) is 1.25. The summed E-state index contributed by atoms with van der Waals surface area (Å²) in [6.45, 7) is 6.18. The summed E-state index contributed by atoms with van der Waals surface area (Å²) in [5, 5.41) is 2.29. The van der Waals surface area contributed by atoms with Crippen molar-refractivity contribution in [2.45, 2.75) is 13.8 Å². The number of hydrogen-bond donors (Lipinski definition) is 1. The van der Waals surface area contributed by atoms with Gasteiger partial charge in [-0.25, -0.2) is 4.79 Å². The van der Waals surface area contributed by atoms with Crippen molar-refractivity contribution >= 4 is 23.8 Å². The Morgan fingerprint density at radius 2 is 1.57 bits per heavy atom. The average Bonchev–Trinajstić information content (AvgIpc) is 2.44. The lowest BCUT2D eigenvalue weighted by Crippen LogP contribution is -2.43. The Morgan fingerprint density at radius 1 is 1.05 bits per heavy atom.